The molecule has 52 heavy (non-hydrogen) atoms. The van der Waals surface area contributed by atoms with Crippen molar-refractivity contribution in [2.24, 2.45) is 0 Å². The predicted molar refractivity (Wildman–Crippen MR) is 140 cm³/mol. The van der Waals surface area contributed by atoms with Crippen LogP contribution in [0, 0.1) is 0 Å². The minimum Gasteiger partial charge on any atom is -0.756 e. The number of aromatic amines is 1. The average molecular weight is 861 g/mol. The van der Waals surface area contributed by atoms with Crippen LogP contribution < -0.4 is 160 Å². The third kappa shape index (κ3) is 15.1. The first-order chi connectivity index (χ1) is 22.1. The molecule has 11 atom stereocenters. The number of nitrogens with one attached hydrogen (secondary N) is 1. The molecule has 0 aromatic carbocycles. The zero-order chi connectivity index (χ0) is 35.8. The van der Waals surface area contributed by atoms with E-state index in [1.165, 1.54) is 12.3 Å². The molecule has 26 nitrogen and oxygen atoms in total. The van der Waals surface area contributed by atoms with Crippen LogP contribution >= 0.6 is 31.3 Å². The number of phosphoric ester groups is 2. The molecular weight excluding hydrogens is 838 g/mol. The van der Waals surface area contributed by atoms with Gasteiger partial charge in [0.2, 0.25) is 0 Å². The molecule has 2 aliphatic heterocycles. The largest absolute Gasteiger partial charge is 1.00 e. The van der Waals surface area contributed by atoms with Gasteiger partial charge in [-0.2, -0.15) is 4.98 Å². The molecule has 4 rings (SSSR count). The van der Waals surface area contributed by atoms with E-state index in [-0.39, 0.29) is 130 Å². The molecule has 2 aliphatic rings. The summed E-state index contributed by atoms with van der Waals surface area (Å²) in [5.74, 6) is -0.125. The molecule has 34 heteroatoms. The number of rotatable bonds is 14. The fraction of sp³-hybridized carbons (Fsp3) is 0.556. The molecule has 6 N–H and O–H groups in total. The van der Waals surface area contributed by atoms with Gasteiger partial charge in [0.25, 0.3) is 36.9 Å². The summed E-state index contributed by atoms with van der Waals surface area (Å²) >= 11 is 0. The van der Waals surface area contributed by atoms with Gasteiger partial charge in [-0.05, 0) is 6.07 Å². The smallest absolute Gasteiger partial charge is 0.756 e. The summed E-state index contributed by atoms with van der Waals surface area (Å²) in [6, 6.07) is 2.07. The zero-order valence-corrected chi connectivity index (χ0v) is 38.9. The van der Waals surface area contributed by atoms with Crippen LogP contribution in [-0.2, 0) is 49.7 Å². The third-order valence-corrected chi connectivity index (χ3v) is 12.0. The van der Waals surface area contributed by atoms with Crippen LogP contribution in [-0.4, -0.2) is 78.2 Å². The van der Waals surface area contributed by atoms with Gasteiger partial charge in [-0.1, -0.05) is 0 Å². The van der Waals surface area contributed by atoms with E-state index >= 15 is 0 Å². The van der Waals surface area contributed by atoms with Gasteiger partial charge in [0.1, 0.15) is 36.5 Å². The first kappa shape index (κ1) is 53.7. The monoisotopic (exact) mass is 861 g/mol. The number of phosphoric acid groups is 4. The Kier molecular flexibility index (Phi) is 22.4. The SMILES string of the molecule is Nc1ccn(C2CC(O)C(COP(=O)([O-])OP(=O)([O-])OP(=O)([O-])OP(=O)([O-])OCC3OC(n4ccc(=O)[nH]c4=O)C(O)C3O)O2)c(=O)n1.[Na+].[Na+].[Na+].[Na+]. The van der Waals surface area contributed by atoms with Gasteiger partial charge < -0.3 is 59.1 Å². The molecule has 2 fully saturated rings. The molecule has 0 radical (unpaired) electrons. The fourth-order valence-corrected chi connectivity index (χ4v) is 8.93. The Hall–Kier alpha value is 1.72. The molecular formula is C18H23N5Na4O21P4. The Morgan fingerprint density at radius 1 is 0.788 bits per heavy atom. The molecule has 0 aliphatic carbocycles. The summed E-state index contributed by atoms with van der Waals surface area (Å²) in [5.41, 5.74) is 2.58. The van der Waals surface area contributed by atoms with E-state index in [1.807, 2.05) is 4.98 Å². The van der Waals surface area contributed by atoms with Crippen molar-refractivity contribution in [1.29, 1.82) is 0 Å². The summed E-state index contributed by atoms with van der Waals surface area (Å²) < 4.78 is 79.0. The van der Waals surface area contributed by atoms with E-state index in [2.05, 4.69) is 27.0 Å². The second-order valence-corrected chi connectivity index (χ2v) is 15.7. The number of hydrogen-bond donors (Lipinski definition) is 5. The summed E-state index contributed by atoms with van der Waals surface area (Å²) in [5, 5.41) is 30.4. The number of nitrogen functional groups attached to an aromatic ring is 1. The Morgan fingerprint density at radius 3 is 1.81 bits per heavy atom. The van der Waals surface area contributed by atoms with Crippen LogP contribution in [0.3, 0.4) is 0 Å². The molecule has 2 aromatic heterocycles. The maximum Gasteiger partial charge on any atom is 1.00 e. The van der Waals surface area contributed by atoms with Gasteiger partial charge in [-0.25, -0.2) is 22.5 Å². The van der Waals surface area contributed by atoms with Crippen molar-refractivity contribution in [2.75, 3.05) is 18.9 Å². The number of ether oxygens (including phenoxy) is 2. The number of aliphatic hydroxyl groups excluding tert-OH is 3. The Morgan fingerprint density at radius 2 is 1.29 bits per heavy atom. The first-order valence-electron chi connectivity index (χ1n) is 12.8. The number of nitrogens with two attached hydrogens (primary N) is 1. The van der Waals surface area contributed by atoms with Crippen LogP contribution in [0.2, 0.25) is 0 Å². The molecule has 270 valence electrons. The van der Waals surface area contributed by atoms with Crippen molar-refractivity contribution >= 4 is 37.1 Å². The van der Waals surface area contributed by atoms with Gasteiger partial charge >= 0.3 is 130 Å². The summed E-state index contributed by atoms with van der Waals surface area (Å²) in [6.45, 7) is -2.44. The number of aliphatic hydroxyl groups is 3. The number of nitrogens with zero attached hydrogens (tertiary/aromatic N) is 3. The number of anilines is 1. The van der Waals surface area contributed by atoms with Crippen LogP contribution in [0.1, 0.15) is 18.9 Å². The van der Waals surface area contributed by atoms with E-state index in [1.54, 1.807) is 0 Å². The molecule has 4 heterocycles. The van der Waals surface area contributed by atoms with E-state index in [0.29, 0.717) is 4.57 Å². The van der Waals surface area contributed by atoms with Gasteiger partial charge in [-0.3, -0.25) is 37.2 Å². The maximum atomic E-state index is 12.0. The molecule has 11 unspecified atom stereocenters. The van der Waals surface area contributed by atoms with E-state index in [4.69, 9.17) is 15.2 Å². The first-order valence-corrected chi connectivity index (χ1v) is 18.6. The quantitative estimate of drug-likeness (QED) is 0.0869. The predicted octanol–water partition coefficient (Wildman–Crippen LogP) is -17.4. The molecule has 0 bridgehead atoms. The van der Waals surface area contributed by atoms with Gasteiger partial charge in [-0.15, -0.1) is 0 Å². The Bertz CT molecular complexity index is 1890. The molecule has 0 saturated carbocycles. The van der Waals surface area contributed by atoms with E-state index in [9.17, 15) is 67.5 Å². The van der Waals surface area contributed by atoms with Crippen LogP contribution in [0.25, 0.3) is 0 Å². The van der Waals surface area contributed by atoms with Crippen LogP contribution in [0.15, 0.2) is 38.9 Å². The maximum absolute atomic E-state index is 12.0. The van der Waals surface area contributed by atoms with Gasteiger partial charge in [0, 0.05) is 24.9 Å². The van der Waals surface area contributed by atoms with Crippen molar-refractivity contribution in [1.82, 2.24) is 19.1 Å². The second kappa shape index (κ2) is 21.6. The standard InChI is InChI=1S/C18H27N5O21P4.4Na/c19-11-1-3-22(17(28)20-11)13-5-8(24)9(40-13)6-38-45(30,31)42-47(34,35)44-48(36,37)43-46(32,33)39-7-10-14(26)15(27)16(41-10)23-4-2-12(25)21-18(23)29;;;;/h1-4,8-10,13-16,24,26-27H,5-7H2,(H,30,31)(H,32,33)(H,34,35)(H,36,37)(H2,19,20,28)(H,21,25,29);;;;/q;4*+1/p-4. The van der Waals surface area contributed by atoms with Crippen molar-refractivity contribution in [3.05, 3.63) is 55.8 Å². The number of H-pyrrole nitrogens is 1. The van der Waals surface area contributed by atoms with E-state index < -0.39 is 104 Å². The minimum atomic E-state index is -6.59. The summed E-state index contributed by atoms with van der Waals surface area (Å²) in [7, 11) is -25.4. The molecule has 0 spiro atoms. The number of aromatic nitrogens is 4. The molecule has 2 saturated heterocycles. The minimum absolute atomic E-state index is 0. The second-order valence-electron chi connectivity index (χ2n) is 9.66. The van der Waals surface area contributed by atoms with Gasteiger partial charge in [0.15, 0.2) is 6.23 Å². The zero-order valence-electron chi connectivity index (χ0n) is 27.4. The van der Waals surface area contributed by atoms with Gasteiger partial charge in [0.05, 0.1) is 19.3 Å². The Labute approximate surface area is 378 Å². The molecule has 2 aromatic rings. The van der Waals surface area contributed by atoms with Crippen LogP contribution in [0.4, 0.5) is 5.82 Å². The normalized spacial score (nSPS) is 28.6. The van der Waals surface area contributed by atoms with Crippen molar-refractivity contribution < 1.29 is 203 Å². The van der Waals surface area contributed by atoms with Crippen molar-refractivity contribution in [3.8, 4) is 0 Å². The van der Waals surface area contributed by atoms with E-state index in [0.717, 1.165) is 16.8 Å². The third-order valence-electron chi connectivity index (χ3n) is 6.22. The van der Waals surface area contributed by atoms with Crippen molar-refractivity contribution in [3.63, 3.8) is 0 Å². The summed E-state index contributed by atoms with van der Waals surface area (Å²) in [4.78, 5) is 88.4. The fourth-order valence-electron chi connectivity index (χ4n) is 4.18. The Balaban J connectivity index is 0.00000650. The topological polar surface area (TPSA) is 402 Å². The van der Waals surface area contributed by atoms with Crippen molar-refractivity contribution in [2.45, 2.75) is 49.4 Å². The number of hydrogen-bond acceptors (Lipinski definition) is 23. The van der Waals surface area contributed by atoms with Crippen LogP contribution in [0.5, 0.6) is 0 Å². The summed E-state index contributed by atoms with van der Waals surface area (Å²) in [6.07, 6.45) is -9.78. The average Bonchev–Trinajstić information content (AvgIpc) is 3.42. The molecule has 0 amide bonds.